The van der Waals surface area contributed by atoms with Gasteiger partial charge >= 0.3 is 29.6 Å². The van der Waals surface area contributed by atoms with Crippen LogP contribution >= 0.6 is 15.2 Å². The third kappa shape index (κ3) is 21.3. The van der Waals surface area contributed by atoms with Crippen LogP contribution in [0.3, 0.4) is 0 Å². The summed E-state index contributed by atoms with van der Waals surface area (Å²) >= 11 is 0. The van der Waals surface area contributed by atoms with E-state index in [1.54, 1.807) is 0 Å². The summed E-state index contributed by atoms with van der Waals surface area (Å²) in [4.78, 5) is 43.9. The average molecular weight is 392 g/mol. The van der Waals surface area contributed by atoms with Crippen molar-refractivity contribution < 1.29 is 58.3 Å². The van der Waals surface area contributed by atoms with Gasteiger partial charge in [-0.25, -0.2) is 0 Å². The van der Waals surface area contributed by atoms with Gasteiger partial charge in [-0.15, -0.1) is 0 Å². The first kappa shape index (κ1) is 27.5. The van der Waals surface area contributed by atoms with Crippen molar-refractivity contribution in [1.82, 2.24) is 4.90 Å². The molecule has 0 saturated heterocycles. The Hall–Kier alpha value is 1.26. The minimum atomic E-state index is -4.86. The van der Waals surface area contributed by atoms with Gasteiger partial charge in [-0.1, -0.05) is 79.9 Å². The average Bonchev–Trinajstić information content (AvgIpc) is 2.37. The van der Waals surface area contributed by atoms with E-state index in [1.165, 1.54) is 38.5 Å². The van der Waals surface area contributed by atoms with Gasteiger partial charge in [-0.2, -0.15) is 0 Å². The Morgan fingerprint density at radius 1 is 0.667 bits per heavy atom. The molecule has 0 aliphatic rings. The first-order chi connectivity index (χ1) is 10.6. The van der Waals surface area contributed by atoms with Gasteiger partial charge in [-0.3, -0.25) is 4.90 Å². The molecule has 0 aromatic heterocycles. The van der Waals surface area contributed by atoms with Gasteiger partial charge < -0.3 is 28.7 Å². The SMILES string of the molecule is CCCCCCCCCCCCN(CP(=O)([O-])[O-])CP(=O)([O-])[O-].[Na+]. The van der Waals surface area contributed by atoms with E-state index in [0.717, 1.165) is 24.2 Å². The second-order valence-electron chi connectivity index (χ2n) is 6.08. The Balaban J connectivity index is 0. The smallest absolute Gasteiger partial charge is 0.810 e. The third-order valence-corrected chi connectivity index (χ3v) is 5.07. The molecule has 24 heavy (non-hydrogen) atoms. The molecule has 0 heterocycles. The summed E-state index contributed by atoms with van der Waals surface area (Å²) in [5, 5.41) is 0. The fourth-order valence-electron chi connectivity index (χ4n) is 2.50. The largest absolute Gasteiger partial charge is 1.00 e. The van der Waals surface area contributed by atoms with Crippen molar-refractivity contribution >= 4 is 15.2 Å². The molecule has 0 aliphatic carbocycles. The van der Waals surface area contributed by atoms with E-state index >= 15 is 0 Å². The minimum absolute atomic E-state index is 0. The zero-order valence-electron chi connectivity index (χ0n) is 15.0. The van der Waals surface area contributed by atoms with E-state index in [0.29, 0.717) is 6.42 Å². The second-order valence-corrected chi connectivity index (χ2v) is 9.09. The van der Waals surface area contributed by atoms with Crippen LogP contribution in [0.4, 0.5) is 0 Å². The Bertz CT molecular complexity index is 363. The molecule has 0 aromatic carbocycles. The molecule has 0 unspecified atom stereocenters. The monoisotopic (exact) mass is 392 g/mol. The minimum Gasteiger partial charge on any atom is -0.810 e. The van der Waals surface area contributed by atoms with Crippen molar-refractivity contribution in [2.24, 2.45) is 0 Å². The molecule has 0 radical (unpaired) electrons. The zero-order valence-corrected chi connectivity index (χ0v) is 18.8. The van der Waals surface area contributed by atoms with Crippen molar-refractivity contribution in [3.8, 4) is 0 Å². The predicted molar refractivity (Wildman–Crippen MR) is 83.5 cm³/mol. The van der Waals surface area contributed by atoms with Crippen LogP contribution in [0.2, 0.25) is 0 Å². The first-order valence-electron chi connectivity index (χ1n) is 8.38. The molecule has 0 atom stereocenters. The molecule has 0 N–H and O–H groups in total. The van der Waals surface area contributed by atoms with Crippen molar-refractivity contribution in [2.45, 2.75) is 71.1 Å². The summed E-state index contributed by atoms with van der Waals surface area (Å²) in [5.74, 6) is 0. The van der Waals surface area contributed by atoms with E-state index < -0.39 is 27.8 Å². The van der Waals surface area contributed by atoms with Gasteiger partial charge in [0.25, 0.3) is 0 Å². The molecule has 140 valence electrons. The van der Waals surface area contributed by atoms with E-state index in [-0.39, 0.29) is 36.1 Å². The summed E-state index contributed by atoms with van der Waals surface area (Å²) in [5.41, 5.74) is 0. The molecule has 10 heteroatoms. The zero-order chi connectivity index (χ0) is 17.8. The molecule has 0 amide bonds. The summed E-state index contributed by atoms with van der Waals surface area (Å²) in [6.45, 7) is 2.32. The van der Waals surface area contributed by atoms with Crippen LogP contribution in [0.25, 0.3) is 0 Å². The fraction of sp³-hybridized carbons (Fsp3) is 1.00. The standard InChI is InChI=1S/C14H33NO6P2.Na/c1-2-3-4-5-6-7-8-9-10-11-12-15(13-22(16,17)18)14-23(19,20)21;/h2-14H2,1H3,(H2,16,17,18)(H2,19,20,21);/q;+1/p-4. The van der Waals surface area contributed by atoms with Gasteiger partial charge in [0.15, 0.2) is 0 Å². The van der Waals surface area contributed by atoms with Crippen LogP contribution < -0.4 is 49.1 Å². The molecular weight excluding hydrogens is 363 g/mol. The summed E-state index contributed by atoms with van der Waals surface area (Å²) in [6.07, 6.45) is 9.11. The predicted octanol–water partition coefficient (Wildman–Crippen LogP) is -2.04. The molecule has 7 nitrogen and oxygen atoms in total. The number of nitrogens with zero attached hydrogens (tertiary/aromatic N) is 1. The quantitative estimate of drug-likeness (QED) is 0.178. The summed E-state index contributed by atoms with van der Waals surface area (Å²) in [7, 11) is -9.72. The Kier molecular flexibility index (Phi) is 17.6. The van der Waals surface area contributed by atoms with Crippen LogP contribution in [0.1, 0.15) is 71.1 Å². The van der Waals surface area contributed by atoms with Crippen LogP contribution in [0.15, 0.2) is 0 Å². The van der Waals surface area contributed by atoms with Gasteiger partial charge in [-0.05, 0) is 13.0 Å². The molecule has 0 fully saturated rings. The molecule has 0 spiro atoms. The number of hydrogen-bond donors (Lipinski definition) is 0. The van der Waals surface area contributed by atoms with Gasteiger partial charge in [0, 0.05) is 12.6 Å². The maximum absolute atomic E-state index is 10.7. The van der Waals surface area contributed by atoms with Crippen LogP contribution in [-0.4, -0.2) is 24.0 Å². The maximum atomic E-state index is 10.7. The molecule has 0 bridgehead atoms. The van der Waals surface area contributed by atoms with Crippen molar-refractivity contribution in [1.29, 1.82) is 0 Å². The van der Waals surface area contributed by atoms with Crippen molar-refractivity contribution in [3.05, 3.63) is 0 Å². The Morgan fingerprint density at radius 3 is 1.33 bits per heavy atom. The molecule has 0 aliphatic heterocycles. The molecule has 0 aromatic rings. The maximum Gasteiger partial charge on any atom is 1.00 e. The molecule has 0 rings (SSSR count). The van der Waals surface area contributed by atoms with E-state index in [2.05, 4.69) is 6.92 Å². The molecular formula is C14H29NNaO6P2-3. The van der Waals surface area contributed by atoms with E-state index in [4.69, 9.17) is 0 Å². The van der Waals surface area contributed by atoms with Crippen LogP contribution in [0, 0.1) is 0 Å². The van der Waals surface area contributed by atoms with Crippen molar-refractivity contribution in [3.63, 3.8) is 0 Å². The third-order valence-electron chi connectivity index (χ3n) is 3.57. The second kappa shape index (κ2) is 15.3. The van der Waals surface area contributed by atoms with Gasteiger partial charge in [0.1, 0.15) is 0 Å². The Morgan fingerprint density at radius 2 is 1.00 bits per heavy atom. The van der Waals surface area contributed by atoms with E-state index in [1.807, 2.05) is 0 Å². The number of hydrogen-bond acceptors (Lipinski definition) is 7. The number of rotatable bonds is 15. The normalized spacial score (nSPS) is 12.4. The van der Waals surface area contributed by atoms with Crippen molar-refractivity contribution in [2.75, 3.05) is 19.1 Å². The summed E-state index contributed by atoms with van der Waals surface area (Å²) in [6, 6.07) is 0. The fourth-order valence-corrected chi connectivity index (χ4v) is 4.12. The van der Waals surface area contributed by atoms with E-state index in [9.17, 15) is 28.7 Å². The van der Waals surface area contributed by atoms with Crippen LogP contribution in [-0.2, 0) is 9.13 Å². The van der Waals surface area contributed by atoms with Gasteiger partial charge in [0.2, 0.25) is 0 Å². The molecule has 0 saturated carbocycles. The summed E-state index contributed by atoms with van der Waals surface area (Å²) < 4.78 is 21.5. The Labute approximate surface area is 168 Å². The topological polar surface area (TPSA) is 130 Å². The number of unbranched alkanes of at least 4 members (excludes halogenated alkanes) is 9. The van der Waals surface area contributed by atoms with Gasteiger partial charge in [0.05, 0.1) is 0 Å². The first-order valence-corrected chi connectivity index (χ1v) is 11.8. The van der Waals surface area contributed by atoms with Crippen LogP contribution in [0.5, 0.6) is 0 Å².